The van der Waals surface area contributed by atoms with Gasteiger partial charge < -0.3 is 18.9 Å². The first-order valence-corrected chi connectivity index (χ1v) is 14.6. The maximum atomic E-state index is 14.0. The third-order valence-corrected chi connectivity index (χ3v) is 7.81. The standard InChI is InChI=1S/C33H31FN2O6S/c1-5-40-27-17-22(13-16-26(27)42-19-21-11-14-23(34)15-12-21)18-28-31(37)36-30(24-9-7-8-10-25(24)39-4)29(32(38)41-6-2)20(3)35-33(36)43-28/h7-18,30H,5-6,19H2,1-4H3/b28-18-/t30-/m0/s1. The molecule has 4 aromatic rings. The third-order valence-electron chi connectivity index (χ3n) is 6.82. The number of nitrogens with zero attached hydrogens (tertiary/aromatic N) is 2. The van der Waals surface area contributed by atoms with Crippen molar-refractivity contribution in [3.8, 4) is 17.2 Å². The number of benzene rings is 3. The number of thiazole rings is 1. The van der Waals surface area contributed by atoms with Gasteiger partial charge in [-0.05, 0) is 68.3 Å². The second-order valence-corrected chi connectivity index (χ2v) is 10.6. The van der Waals surface area contributed by atoms with Gasteiger partial charge in [0, 0.05) is 5.56 Å². The number of allylic oxidation sites excluding steroid dienone is 1. The van der Waals surface area contributed by atoms with E-state index in [-0.39, 0.29) is 30.2 Å². The number of halogens is 1. The number of hydrogen-bond donors (Lipinski definition) is 0. The van der Waals surface area contributed by atoms with Crippen molar-refractivity contribution in [1.82, 2.24) is 4.57 Å². The number of para-hydroxylation sites is 1. The number of fused-ring (bicyclic) bond motifs is 1. The Hall–Kier alpha value is -4.70. The van der Waals surface area contributed by atoms with E-state index in [0.717, 1.165) is 11.1 Å². The lowest BCUT2D eigenvalue weighted by Gasteiger charge is -2.25. The highest BCUT2D eigenvalue weighted by atomic mass is 32.1. The van der Waals surface area contributed by atoms with Gasteiger partial charge in [0.25, 0.3) is 5.56 Å². The number of carbonyl (C=O) groups is 1. The zero-order valence-corrected chi connectivity index (χ0v) is 25.1. The molecule has 1 aromatic heterocycles. The normalized spacial score (nSPS) is 14.6. The lowest BCUT2D eigenvalue weighted by Crippen LogP contribution is -2.40. The van der Waals surface area contributed by atoms with Gasteiger partial charge in [0.1, 0.15) is 24.2 Å². The molecular formula is C33H31FN2O6S. The number of carbonyl (C=O) groups excluding carboxylic acids is 1. The van der Waals surface area contributed by atoms with Crippen LogP contribution in [0.5, 0.6) is 17.2 Å². The summed E-state index contributed by atoms with van der Waals surface area (Å²) in [5.74, 6) is 0.728. The highest BCUT2D eigenvalue weighted by Crippen LogP contribution is 2.36. The number of aromatic nitrogens is 1. The van der Waals surface area contributed by atoms with Crippen molar-refractivity contribution in [3.63, 3.8) is 0 Å². The number of ether oxygens (including phenoxy) is 4. The van der Waals surface area contributed by atoms with Crippen LogP contribution in [0.15, 0.2) is 87.8 Å². The Labute approximate surface area is 252 Å². The molecule has 0 radical (unpaired) electrons. The van der Waals surface area contributed by atoms with E-state index in [1.807, 2.05) is 31.2 Å². The summed E-state index contributed by atoms with van der Waals surface area (Å²) in [4.78, 5) is 32.2. The van der Waals surface area contributed by atoms with Gasteiger partial charge in [-0.15, -0.1) is 0 Å². The molecular weight excluding hydrogens is 571 g/mol. The molecule has 43 heavy (non-hydrogen) atoms. The summed E-state index contributed by atoms with van der Waals surface area (Å²) < 4.78 is 38.0. The Morgan fingerprint density at radius 1 is 1.00 bits per heavy atom. The molecule has 0 saturated carbocycles. The summed E-state index contributed by atoms with van der Waals surface area (Å²) in [5, 5.41) is 0. The molecule has 0 fully saturated rings. The Morgan fingerprint density at radius 2 is 1.77 bits per heavy atom. The average Bonchev–Trinajstić information content (AvgIpc) is 3.30. The van der Waals surface area contributed by atoms with Crippen LogP contribution in [0.4, 0.5) is 4.39 Å². The summed E-state index contributed by atoms with van der Waals surface area (Å²) in [6.07, 6.45) is 1.76. The fraction of sp³-hybridized carbons (Fsp3) is 0.242. The fourth-order valence-electron chi connectivity index (χ4n) is 4.87. The van der Waals surface area contributed by atoms with E-state index in [1.54, 1.807) is 57.4 Å². The van der Waals surface area contributed by atoms with Gasteiger partial charge >= 0.3 is 5.97 Å². The van der Waals surface area contributed by atoms with Gasteiger partial charge in [-0.1, -0.05) is 47.7 Å². The first kappa shape index (κ1) is 29.8. The lowest BCUT2D eigenvalue weighted by molar-refractivity contribution is -0.139. The molecule has 5 rings (SSSR count). The van der Waals surface area contributed by atoms with E-state index >= 15 is 0 Å². The summed E-state index contributed by atoms with van der Waals surface area (Å²) in [6.45, 7) is 6.18. The summed E-state index contributed by atoms with van der Waals surface area (Å²) in [7, 11) is 1.55. The average molecular weight is 603 g/mol. The third kappa shape index (κ3) is 6.24. The Bertz CT molecular complexity index is 1860. The van der Waals surface area contributed by atoms with Gasteiger partial charge in [0.15, 0.2) is 16.3 Å². The Kier molecular flexibility index (Phi) is 9.06. The summed E-state index contributed by atoms with van der Waals surface area (Å²) >= 11 is 1.23. The first-order chi connectivity index (χ1) is 20.8. The van der Waals surface area contributed by atoms with E-state index in [1.165, 1.54) is 28.0 Å². The Balaban J connectivity index is 1.57. The minimum Gasteiger partial charge on any atom is -0.496 e. The molecule has 1 aliphatic rings. The maximum Gasteiger partial charge on any atom is 0.338 e. The fourth-order valence-corrected chi connectivity index (χ4v) is 5.92. The predicted molar refractivity (Wildman–Crippen MR) is 162 cm³/mol. The van der Waals surface area contributed by atoms with Crippen molar-refractivity contribution in [1.29, 1.82) is 0 Å². The van der Waals surface area contributed by atoms with Crippen molar-refractivity contribution in [3.05, 3.63) is 120 Å². The molecule has 0 saturated heterocycles. The van der Waals surface area contributed by atoms with Crippen molar-refractivity contribution >= 4 is 23.4 Å². The predicted octanol–water partition coefficient (Wildman–Crippen LogP) is 4.92. The first-order valence-electron chi connectivity index (χ1n) is 13.8. The maximum absolute atomic E-state index is 14.0. The molecule has 0 bridgehead atoms. The number of methoxy groups -OCH3 is 1. The molecule has 0 N–H and O–H groups in total. The zero-order chi connectivity index (χ0) is 30.5. The Morgan fingerprint density at radius 3 is 2.49 bits per heavy atom. The molecule has 222 valence electrons. The molecule has 0 amide bonds. The van der Waals surface area contributed by atoms with Gasteiger partial charge in [-0.25, -0.2) is 14.2 Å². The molecule has 0 unspecified atom stereocenters. The monoisotopic (exact) mass is 602 g/mol. The second kappa shape index (κ2) is 13.1. The number of hydrogen-bond acceptors (Lipinski definition) is 8. The second-order valence-electron chi connectivity index (χ2n) is 9.60. The summed E-state index contributed by atoms with van der Waals surface area (Å²) in [5.41, 5.74) is 2.64. The SMILES string of the molecule is CCOC(=O)C1=C(C)N=c2s/c(=C\c3ccc(OCc4ccc(F)cc4)c(OCC)c3)c(=O)n2[C@H]1c1ccccc1OC. The quantitative estimate of drug-likeness (QED) is 0.240. The van der Waals surface area contributed by atoms with E-state index < -0.39 is 12.0 Å². The number of esters is 1. The molecule has 10 heteroatoms. The highest BCUT2D eigenvalue weighted by Gasteiger charge is 2.35. The zero-order valence-electron chi connectivity index (χ0n) is 24.3. The van der Waals surface area contributed by atoms with Gasteiger partial charge in [0.2, 0.25) is 0 Å². The van der Waals surface area contributed by atoms with Gasteiger partial charge in [-0.2, -0.15) is 0 Å². The van der Waals surface area contributed by atoms with Crippen LogP contribution in [0, 0.1) is 5.82 Å². The lowest BCUT2D eigenvalue weighted by atomic mass is 9.95. The van der Waals surface area contributed by atoms with E-state index in [4.69, 9.17) is 18.9 Å². The van der Waals surface area contributed by atoms with Crippen LogP contribution < -0.4 is 29.1 Å². The molecule has 2 heterocycles. The van der Waals surface area contributed by atoms with E-state index in [0.29, 0.717) is 44.4 Å². The van der Waals surface area contributed by atoms with Crippen LogP contribution in [0.25, 0.3) is 6.08 Å². The molecule has 1 atom stereocenters. The minimum atomic E-state index is -0.783. The molecule has 3 aromatic carbocycles. The molecule has 8 nitrogen and oxygen atoms in total. The van der Waals surface area contributed by atoms with Crippen molar-refractivity contribution in [2.45, 2.75) is 33.4 Å². The smallest absolute Gasteiger partial charge is 0.338 e. The molecule has 0 aliphatic carbocycles. The van der Waals surface area contributed by atoms with Crippen molar-refractivity contribution < 1.29 is 28.1 Å². The van der Waals surface area contributed by atoms with E-state index in [2.05, 4.69) is 4.99 Å². The molecule has 1 aliphatic heterocycles. The van der Waals surface area contributed by atoms with Crippen LogP contribution in [-0.2, 0) is 16.1 Å². The van der Waals surface area contributed by atoms with E-state index in [9.17, 15) is 14.0 Å². The van der Waals surface area contributed by atoms with Gasteiger partial charge in [0.05, 0.1) is 36.1 Å². The van der Waals surface area contributed by atoms with Crippen LogP contribution in [0.1, 0.15) is 43.5 Å². The topological polar surface area (TPSA) is 88.4 Å². The van der Waals surface area contributed by atoms with Gasteiger partial charge in [-0.3, -0.25) is 9.36 Å². The van der Waals surface area contributed by atoms with Crippen LogP contribution in [0.2, 0.25) is 0 Å². The molecule has 0 spiro atoms. The van der Waals surface area contributed by atoms with Crippen LogP contribution in [0.3, 0.4) is 0 Å². The highest BCUT2D eigenvalue weighted by molar-refractivity contribution is 7.07. The van der Waals surface area contributed by atoms with Crippen molar-refractivity contribution in [2.75, 3.05) is 20.3 Å². The largest absolute Gasteiger partial charge is 0.496 e. The van der Waals surface area contributed by atoms with Crippen molar-refractivity contribution in [2.24, 2.45) is 4.99 Å². The minimum absolute atomic E-state index is 0.185. The summed E-state index contributed by atoms with van der Waals surface area (Å²) in [6, 6.07) is 18.0. The number of rotatable bonds is 10. The van der Waals surface area contributed by atoms with Crippen LogP contribution >= 0.6 is 11.3 Å². The van der Waals surface area contributed by atoms with Crippen LogP contribution in [-0.4, -0.2) is 30.9 Å².